The van der Waals surface area contributed by atoms with Crippen molar-refractivity contribution in [3.8, 4) is 0 Å². The molecule has 0 amide bonds. The SMILES string of the molecule is CN(C)[C@@]12CC1CN(c1cc(F)c(S(=O)(=O)Nc3cccc(F)n3)c(F)c1Cl)C2. The summed E-state index contributed by atoms with van der Waals surface area (Å²) in [6.45, 7) is 1.12. The summed E-state index contributed by atoms with van der Waals surface area (Å²) in [6, 6.07) is 4.30. The van der Waals surface area contributed by atoms with Crippen LogP contribution in [0.25, 0.3) is 0 Å². The highest BCUT2D eigenvalue weighted by Gasteiger charge is 2.61. The number of likely N-dealkylation sites (N-methyl/N-ethyl adjacent to an activating group) is 1. The number of nitrogens with one attached hydrogen (secondary N) is 1. The Morgan fingerprint density at radius 2 is 2.03 bits per heavy atom. The van der Waals surface area contributed by atoms with Gasteiger partial charge in [-0.3, -0.25) is 4.72 Å². The maximum absolute atomic E-state index is 14.9. The molecule has 0 spiro atoms. The van der Waals surface area contributed by atoms with Crippen molar-refractivity contribution in [2.24, 2.45) is 5.92 Å². The van der Waals surface area contributed by atoms with E-state index in [0.29, 0.717) is 19.0 Å². The molecular formula is C18H18ClF3N4O2S. The third kappa shape index (κ3) is 3.32. The first-order valence-electron chi connectivity index (χ1n) is 8.80. The van der Waals surface area contributed by atoms with Gasteiger partial charge in [0.2, 0.25) is 5.95 Å². The summed E-state index contributed by atoms with van der Waals surface area (Å²) < 4.78 is 69.7. The molecular weight excluding hydrogens is 429 g/mol. The summed E-state index contributed by atoms with van der Waals surface area (Å²) >= 11 is 6.11. The van der Waals surface area contributed by atoms with E-state index in [1.807, 2.05) is 18.8 Å². The fraction of sp³-hybridized carbons (Fsp3) is 0.389. The predicted molar refractivity (Wildman–Crippen MR) is 103 cm³/mol. The standard InChI is InChI=1S/C18H18ClF3N4O2S/c1-25(2)18-7-10(18)8-26(9-18)12-6-11(20)17(16(22)15(12)19)29(27,28)24-14-5-3-4-13(21)23-14/h3-6,10H,7-9H2,1-2H3,(H,23,24)/t10?,18-/m1/s1. The molecule has 1 aliphatic carbocycles. The largest absolute Gasteiger partial charge is 0.368 e. The van der Waals surface area contributed by atoms with E-state index >= 15 is 0 Å². The van der Waals surface area contributed by atoms with Crippen molar-refractivity contribution in [3.05, 3.63) is 46.9 Å². The van der Waals surface area contributed by atoms with Gasteiger partial charge in [-0.25, -0.2) is 22.2 Å². The zero-order valence-electron chi connectivity index (χ0n) is 15.6. The molecule has 29 heavy (non-hydrogen) atoms. The van der Waals surface area contributed by atoms with Crippen LogP contribution in [0.5, 0.6) is 0 Å². The first-order valence-corrected chi connectivity index (χ1v) is 10.7. The van der Waals surface area contributed by atoms with E-state index in [1.165, 1.54) is 6.07 Å². The third-order valence-corrected chi connectivity index (χ3v) is 7.41. The molecule has 2 aliphatic rings. The lowest BCUT2D eigenvalue weighted by Crippen LogP contribution is -2.37. The molecule has 1 aliphatic heterocycles. The number of nitrogens with zero attached hydrogens (tertiary/aromatic N) is 3. The summed E-state index contributed by atoms with van der Waals surface area (Å²) in [4.78, 5) is 5.96. The summed E-state index contributed by atoms with van der Waals surface area (Å²) in [5, 5.41) is -0.478. The fourth-order valence-electron chi connectivity index (χ4n) is 4.03. The minimum absolute atomic E-state index is 0.0500. The average Bonchev–Trinajstić information content (AvgIpc) is 3.19. The summed E-state index contributed by atoms with van der Waals surface area (Å²) in [7, 11) is -0.817. The smallest absolute Gasteiger partial charge is 0.268 e. The quantitative estimate of drug-likeness (QED) is 0.565. The van der Waals surface area contributed by atoms with Gasteiger partial charge in [-0.2, -0.15) is 4.39 Å². The van der Waals surface area contributed by atoms with Crippen LogP contribution in [-0.2, 0) is 10.0 Å². The molecule has 1 saturated carbocycles. The average molecular weight is 447 g/mol. The molecule has 2 atom stereocenters. The Hall–Kier alpha value is -2.04. The van der Waals surface area contributed by atoms with Crippen molar-refractivity contribution < 1.29 is 21.6 Å². The molecule has 1 saturated heterocycles. The number of hydrogen-bond donors (Lipinski definition) is 1. The molecule has 4 rings (SSSR count). The number of benzene rings is 1. The molecule has 0 bridgehead atoms. The van der Waals surface area contributed by atoms with E-state index in [0.717, 1.165) is 24.6 Å². The van der Waals surface area contributed by atoms with Crippen LogP contribution in [0.3, 0.4) is 0 Å². The topological polar surface area (TPSA) is 65.5 Å². The monoisotopic (exact) mass is 446 g/mol. The van der Waals surface area contributed by atoms with E-state index in [4.69, 9.17) is 11.6 Å². The van der Waals surface area contributed by atoms with Gasteiger partial charge in [-0.1, -0.05) is 17.7 Å². The lowest BCUT2D eigenvalue weighted by atomic mass is 10.2. The van der Waals surface area contributed by atoms with Crippen molar-refractivity contribution in [2.75, 3.05) is 36.8 Å². The number of halogens is 4. The highest BCUT2D eigenvalue weighted by Crippen LogP contribution is 2.54. The highest BCUT2D eigenvalue weighted by molar-refractivity contribution is 7.92. The van der Waals surface area contributed by atoms with Gasteiger partial charge >= 0.3 is 0 Å². The Balaban J connectivity index is 1.67. The second-order valence-electron chi connectivity index (χ2n) is 7.57. The van der Waals surface area contributed by atoms with Crippen molar-refractivity contribution in [1.82, 2.24) is 9.88 Å². The normalized spacial score (nSPS) is 23.4. The minimum Gasteiger partial charge on any atom is -0.368 e. The van der Waals surface area contributed by atoms with Gasteiger partial charge in [0, 0.05) is 24.7 Å². The number of rotatable bonds is 5. The van der Waals surface area contributed by atoms with E-state index in [9.17, 15) is 21.6 Å². The summed E-state index contributed by atoms with van der Waals surface area (Å²) in [5.74, 6) is -3.67. The molecule has 2 fully saturated rings. The van der Waals surface area contributed by atoms with Crippen LogP contribution in [0.15, 0.2) is 29.2 Å². The number of pyridine rings is 1. The number of sulfonamides is 1. The molecule has 1 N–H and O–H groups in total. The molecule has 1 unspecified atom stereocenters. The Morgan fingerprint density at radius 1 is 1.31 bits per heavy atom. The van der Waals surface area contributed by atoms with Gasteiger partial charge in [0.05, 0.1) is 5.69 Å². The van der Waals surface area contributed by atoms with Crippen LogP contribution in [0.1, 0.15) is 6.42 Å². The van der Waals surface area contributed by atoms with E-state index in [-0.39, 0.29) is 11.2 Å². The zero-order valence-corrected chi connectivity index (χ0v) is 17.2. The second-order valence-corrected chi connectivity index (χ2v) is 9.56. The van der Waals surface area contributed by atoms with Crippen LogP contribution in [0.2, 0.25) is 5.02 Å². The fourth-order valence-corrected chi connectivity index (χ4v) is 5.50. The van der Waals surface area contributed by atoms with Gasteiger partial charge in [-0.15, -0.1) is 0 Å². The molecule has 156 valence electrons. The number of aromatic nitrogens is 1. The maximum atomic E-state index is 14.9. The Morgan fingerprint density at radius 3 is 2.66 bits per heavy atom. The highest BCUT2D eigenvalue weighted by atomic mass is 35.5. The van der Waals surface area contributed by atoms with Crippen molar-refractivity contribution >= 4 is 33.1 Å². The predicted octanol–water partition coefficient (Wildman–Crippen LogP) is 3.09. The second kappa shape index (κ2) is 6.75. The Labute approximate surface area is 171 Å². The first kappa shape index (κ1) is 20.2. The Kier molecular flexibility index (Phi) is 4.71. The van der Waals surface area contributed by atoms with Gasteiger partial charge in [-0.05, 0) is 38.6 Å². The van der Waals surface area contributed by atoms with Crippen LogP contribution in [-0.4, -0.2) is 51.0 Å². The maximum Gasteiger partial charge on any atom is 0.268 e. The molecule has 1 aromatic carbocycles. The number of fused-ring (bicyclic) bond motifs is 1. The lowest BCUT2D eigenvalue weighted by molar-refractivity contribution is 0.278. The van der Waals surface area contributed by atoms with Gasteiger partial charge in [0.25, 0.3) is 10.0 Å². The molecule has 2 aromatic rings. The minimum atomic E-state index is -4.72. The first-order chi connectivity index (χ1) is 13.5. The van der Waals surface area contributed by atoms with E-state index in [1.54, 1.807) is 4.90 Å². The molecule has 2 heterocycles. The molecule has 1 aromatic heterocycles. The van der Waals surface area contributed by atoms with Crippen molar-refractivity contribution in [2.45, 2.75) is 16.9 Å². The summed E-state index contributed by atoms with van der Waals surface area (Å²) in [5.41, 5.74) is 0.0592. The van der Waals surface area contributed by atoms with Gasteiger partial charge in [0.15, 0.2) is 10.7 Å². The number of piperidine rings is 1. The van der Waals surface area contributed by atoms with Crippen LogP contribution >= 0.6 is 11.6 Å². The molecule has 0 radical (unpaired) electrons. The molecule has 6 nitrogen and oxygen atoms in total. The van der Waals surface area contributed by atoms with Crippen LogP contribution in [0, 0.1) is 23.5 Å². The van der Waals surface area contributed by atoms with Gasteiger partial charge < -0.3 is 9.80 Å². The van der Waals surface area contributed by atoms with Gasteiger partial charge in [0.1, 0.15) is 16.7 Å². The van der Waals surface area contributed by atoms with E-state index in [2.05, 4.69) is 9.88 Å². The lowest BCUT2D eigenvalue weighted by Gasteiger charge is -2.28. The number of anilines is 2. The van der Waals surface area contributed by atoms with Crippen molar-refractivity contribution in [1.29, 1.82) is 0 Å². The molecule has 11 heteroatoms. The third-order valence-electron chi connectivity index (χ3n) is 5.66. The van der Waals surface area contributed by atoms with E-state index < -0.39 is 43.3 Å². The Bertz CT molecular complexity index is 1100. The zero-order chi connectivity index (χ0) is 21.1. The van der Waals surface area contributed by atoms with Crippen molar-refractivity contribution in [3.63, 3.8) is 0 Å². The van der Waals surface area contributed by atoms with Crippen LogP contribution < -0.4 is 9.62 Å². The summed E-state index contributed by atoms with van der Waals surface area (Å²) in [6.07, 6.45) is 0.996. The number of hydrogen-bond acceptors (Lipinski definition) is 5. The van der Waals surface area contributed by atoms with Crippen LogP contribution in [0.4, 0.5) is 24.7 Å².